The summed E-state index contributed by atoms with van der Waals surface area (Å²) in [5.74, 6) is 0.229. The predicted molar refractivity (Wildman–Crippen MR) is 133 cm³/mol. The molecule has 0 saturated carbocycles. The Morgan fingerprint density at radius 2 is 1.77 bits per heavy atom. The molecule has 0 atom stereocenters. The van der Waals surface area contributed by atoms with E-state index in [1.807, 2.05) is 30.3 Å². The number of benzene rings is 4. The van der Waals surface area contributed by atoms with Crippen LogP contribution in [0.15, 0.2) is 77.9 Å². The molecule has 0 bridgehead atoms. The lowest BCUT2D eigenvalue weighted by Gasteiger charge is -2.11. The third-order valence-corrected chi connectivity index (χ3v) is 5.83. The fourth-order valence-electron chi connectivity index (χ4n) is 3.57. The van der Waals surface area contributed by atoms with Gasteiger partial charge < -0.3 is 14.2 Å². The van der Waals surface area contributed by atoms with Crippen LogP contribution >= 0.6 is 23.2 Å². The highest BCUT2D eigenvalue weighted by Crippen LogP contribution is 2.32. The molecule has 174 valence electrons. The van der Waals surface area contributed by atoms with E-state index in [4.69, 9.17) is 37.4 Å². The molecular formula is C26H16Cl2N2O5. The number of carbonyl (C=O) groups is 2. The van der Waals surface area contributed by atoms with Crippen molar-refractivity contribution in [3.8, 4) is 17.2 Å². The average molecular weight is 507 g/mol. The zero-order valence-corrected chi connectivity index (χ0v) is 19.5. The summed E-state index contributed by atoms with van der Waals surface area (Å²) in [4.78, 5) is 25.4. The van der Waals surface area contributed by atoms with E-state index in [9.17, 15) is 9.59 Å². The molecule has 0 aromatic heterocycles. The van der Waals surface area contributed by atoms with Gasteiger partial charge in [-0.15, -0.1) is 0 Å². The summed E-state index contributed by atoms with van der Waals surface area (Å²) in [6.07, 6.45) is 1.43. The van der Waals surface area contributed by atoms with Crippen LogP contribution in [0, 0.1) is 0 Å². The van der Waals surface area contributed by atoms with Crippen LogP contribution in [0.3, 0.4) is 0 Å². The van der Waals surface area contributed by atoms with E-state index in [2.05, 4.69) is 10.5 Å². The number of hydrazone groups is 1. The number of nitrogens with zero attached hydrogens (tertiary/aromatic N) is 1. The molecule has 1 aliphatic rings. The Morgan fingerprint density at radius 1 is 0.943 bits per heavy atom. The standard InChI is InChI=1S/C26H16Cl2N2O5/c27-17-7-8-19(21(28)12-17)26(32)35-22-9-5-15-3-1-2-4-18(15)20(22)13-29-30-25(31)16-6-10-23-24(11-16)34-14-33-23/h1-13H,14H2,(H,30,31). The van der Waals surface area contributed by atoms with Crippen LogP contribution in [-0.4, -0.2) is 24.9 Å². The van der Waals surface area contributed by atoms with E-state index in [0.29, 0.717) is 27.6 Å². The molecule has 7 nitrogen and oxygen atoms in total. The van der Waals surface area contributed by atoms with Gasteiger partial charge in [-0.1, -0.05) is 53.5 Å². The molecule has 1 heterocycles. The van der Waals surface area contributed by atoms with Crippen molar-refractivity contribution in [3.63, 3.8) is 0 Å². The maximum absolute atomic E-state index is 12.8. The van der Waals surface area contributed by atoms with E-state index in [1.165, 1.54) is 18.3 Å². The Bertz CT molecular complexity index is 1500. The fraction of sp³-hybridized carbons (Fsp3) is 0.0385. The number of rotatable bonds is 5. The van der Waals surface area contributed by atoms with E-state index in [-0.39, 0.29) is 23.1 Å². The van der Waals surface area contributed by atoms with Gasteiger partial charge in [0.2, 0.25) is 6.79 Å². The van der Waals surface area contributed by atoms with Crippen molar-refractivity contribution in [1.82, 2.24) is 5.43 Å². The van der Waals surface area contributed by atoms with Crippen molar-refractivity contribution in [2.75, 3.05) is 6.79 Å². The maximum Gasteiger partial charge on any atom is 0.345 e. The molecule has 4 aromatic carbocycles. The molecule has 4 aromatic rings. The van der Waals surface area contributed by atoms with Crippen LogP contribution in [-0.2, 0) is 0 Å². The molecule has 0 aliphatic carbocycles. The van der Waals surface area contributed by atoms with Gasteiger partial charge in [-0.3, -0.25) is 4.79 Å². The quantitative estimate of drug-likeness (QED) is 0.158. The lowest BCUT2D eigenvalue weighted by atomic mass is 10.0. The van der Waals surface area contributed by atoms with Crippen LogP contribution < -0.4 is 19.6 Å². The summed E-state index contributed by atoms with van der Waals surface area (Å²) in [5.41, 5.74) is 3.52. The lowest BCUT2D eigenvalue weighted by molar-refractivity contribution is 0.0734. The molecule has 1 N–H and O–H groups in total. The largest absolute Gasteiger partial charge is 0.454 e. The van der Waals surface area contributed by atoms with E-state index in [1.54, 1.807) is 30.3 Å². The number of hydrogen-bond donors (Lipinski definition) is 1. The number of hydrogen-bond acceptors (Lipinski definition) is 6. The molecule has 35 heavy (non-hydrogen) atoms. The summed E-state index contributed by atoms with van der Waals surface area (Å²) < 4.78 is 16.2. The second-order valence-electron chi connectivity index (χ2n) is 7.48. The van der Waals surface area contributed by atoms with Gasteiger partial charge in [0, 0.05) is 16.1 Å². The highest BCUT2D eigenvalue weighted by molar-refractivity contribution is 6.36. The Labute approximate surface area is 209 Å². The van der Waals surface area contributed by atoms with Gasteiger partial charge >= 0.3 is 5.97 Å². The van der Waals surface area contributed by atoms with Gasteiger partial charge in [-0.25, -0.2) is 10.2 Å². The molecule has 0 unspecified atom stereocenters. The SMILES string of the molecule is O=C(NN=Cc1c(OC(=O)c2ccc(Cl)cc2Cl)ccc2ccccc12)c1ccc2c(c1)OCO2. The highest BCUT2D eigenvalue weighted by Gasteiger charge is 2.18. The molecule has 0 radical (unpaired) electrons. The topological polar surface area (TPSA) is 86.2 Å². The summed E-state index contributed by atoms with van der Waals surface area (Å²) in [5, 5.41) is 6.36. The molecule has 5 rings (SSSR count). The van der Waals surface area contributed by atoms with Crippen LogP contribution in [0.4, 0.5) is 0 Å². The van der Waals surface area contributed by atoms with Crippen molar-refractivity contribution in [3.05, 3.63) is 99.5 Å². The van der Waals surface area contributed by atoms with Gasteiger partial charge in [-0.2, -0.15) is 5.10 Å². The monoisotopic (exact) mass is 506 g/mol. The third-order valence-electron chi connectivity index (χ3n) is 5.28. The van der Waals surface area contributed by atoms with Gasteiger partial charge in [-0.05, 0) is 53.2 Å². The summed E-state index contributed by atoms with van der Waals surface area (Å²) >= 11 is 12.1. The van der Waals surface area contributed by atoms with E-state index >= 15 is 0 Å². The number of fused-ring (bicyclic) bond motifs is 2. The molecule has 1 aliphatic heterocycles. The zero-order chi connectivity index (χ0) is 24.4. The first kappa shape index (κ1) is 22.7. The minimum Gasteiger partial charge on any atom is -0.454 e. The van der Waals surface area contributed by atoms with Crippen LogP contribution in [0.5, 0.6) is 17.2 Å². The second-order valence-corrected chi connectivity index (χ2v) is 8.32. The molecule has 1 amide bonds. The Morgan fingerprint density at radius 3 is 2.63 bits per heavy atom. The second kappa shape index (κ2) is 9.66. The van der Waals surface area contributed by atoms with Gasteiger partial charge in [0.25, 0.3) is 5.91 Å². The first-order valence-corrected chi connectivity index (χ1v) is 11.2. The molecule has 9 heteroatoms. The highest BCUT2D eigenvalue weighted by atomic mass is 35.5. The van der Waals surface area contributed by atoms with Crippen molar-refractivity contribution in [2.45, 2.75) is 0 Å². The molecule has 0 fully saturated rings. The number of nitrogens with one attached hydrogen (secondary N) is 1. The van der Waals surface area contributed by atoms with Crippen molar-refractivity contribution in [1.29, 1.82) is 0 Å². The Balaban J connectivity index is 1.42. The van der Waals surface area contributed by atoms with Gasteiger partial charge in [0.1, 0.15) is 5.75 Å². The van der Waals surface area contributed by atoms with E-state index in [0.717, 1.165) is 10.8 Å². The normalized spacial score (nSPS) is 12.2. The van der Waals surface area contributed by atoms with Crippen molar-refractivity contribution < 1.29 is 23.8 Å². The first-order chi connectivity index (χ1) is 17.0. The van der Waals surface area contributed by atoms with E-state index < -0.39 is 11.9 Å². The van der Waals surface area contributed by atoms with Crippen molar-refractivity contribution >= 4 is 52.1 Å². The number of esters is 1. The maximum atomic E-state index is 12.8. The minimum atomic E-state index is -0.652. The van der Waals surface area contributed by atoms with Crippen LogP contribution in [0.25, 0.3) is 10.8 Å². The number of amides is 1. The zero-order valence-electron chi connectivity index (χ0n) is 18.0. The van der Waals surface area contributed by atoms with Crippen LogP contribution in [0.1, 0.15) is 26.3 Å². The number of halogens is 2. The van der Waals surface area contributed by atoms with Gasteiger partial charge in [0.05, 0.1) is 16.8 Å². The van der Waals surface area contributed by atoms with Crippen molar-refractivity contribution in [2.24, 2.45) is 5.10 Å². The molecular weight excluding hydrogens is 491 g/mol. The minimum absolute atomic E-state index is 0.113. The molecule has 0 saturated heterocycles. The summed E-state index contributed by atoms with van der Waals surface area (Å²) in [6, 6.07) is 20.4. The smallest absolute Gasteiger partial charge is 0.345 e. The first-order valence-electron chi connectivity index (χ1n) is 10.4. The number of ether oxygens (including phenoxy) is 3. The summed E-state index contributed by atoms with van der Waals surface area (Å²) in [6.45, 7) is 0.113. The Kier molecular flexibility index (Phi) is 6.27. The molecule has 0 spiro atoms. The number of carbonyl (C=O) groups excluding carboxylic acids is 2. The van der Waals surface area contributed by atoms with Gasteiger partial charge in [0.15, 0.2) is 11.5 Å². The lowest BCUT2D eigenvalue weighted by Crippen LogP contribution is -2.17. The third kappa shape index (κ3) is 4.77. The summed E-state index contributed by atoms with van der Waals surface area (Å²) in [7, 11) is 0. The average Bonchev–Trinajstić information content (AvgIpc) is 3.33. The Hall–Kier alpha value is -4.07. The fourth-order valence-corrected chi connectivity index (χ4v) is 4.05. The predicted octanol–water partition coefficient (Wildman–Crippen LogP) is 5.86. The van der Waals surface area contributed by atoms with Crippen LogP contribution in [0.2, 0.25) is 10.0 Å².